The Labute approximate surface area is 126 Å². The van der Waals surface area contributed by atoms with Crippen molar-refractivity contribution in [3.63, 3.8) is 0 Å². The molecule has 0 heteroatoms. The largest absolute Gasteiger partial charge is 0.0982 e. The van der Waals surface area contributed by atoms with Crippen molar-refractivity contribution in [1.82, 2.24) is 0 Å². The molecular formula is C20H28. The highest BCUT2D eigenvalue weighted by Gasteiger charge is 1.99. The molecule has 0 unspecified atom stereocenters. The van der Waals surface area contributed by atoms with Crippen LogP contribution in [0.15, 0.2) is 11.1 Å². The maximum absolute atomic E-state index is 3.30. The molecule has 0 bridgehead atoms. The van der Waals surface area contributed by atoms with Crippen LogP contribution in [0.2, 0.25) is 0 Å². The first-order valence-corrected chi connectivity index (χ1v) is 7.99. The number of unbranched alkanes of at least 4 members (excludes halogenated alkanes) is 3. The van der Waals surface area contributed by atoms with Gasteiger partial charge >= 0.3 is 0 Å². The van der Waals surface area contributed by atoms with Gasteiger partial charge in [0.15, 0.2) is 0 Å². The van der Waals surface area contributed by atoms with Gasteiger partial charge < -0.3 is 0 Å². The Bertz CT molecular complexity index is 431. The number of hydrogen-bond acceptors (Lipinski definition) is 0. The van der Waals surface area contributed by atoms with Gasteiger partial charge in [-0.3, -0.25) is 0 Å². The van der Waals surface area contributed by atoms with E-state index in [0.717, 1.165) is 62.5 Å². The first kappa shape index (κ1) is 18.4. The van der Waals surface area contributed by atoms with Crippen molar-refractivity contribution in [3.05, 3.63) is 11.1 Å². The Hall–Kier alpha value is -1.58. The van der Waals surface area contributed by atoms with Crippen LogP contribution in [0.3, 0.4) is 0 Å². The van der Waals surface area contributed by atoms with Gasteiger partial charge in [-0.15, -0.1) is 0 Å². The van der Waals surface area contributed by atoms with Crippen molar-refractivity contribution in [2.24, 2.45) is 0 Å². The summed E-state index contributed by atoms with van der Waals surface area (Å²) in [6, 6.07) is 0. The van der Waals surface area contributed by atoms with Crippen LogP contribution >= 0.6 is 0 Å². The SMILES string of the molecule is CCCC#CC(C#CCCC)=C(C#CCCC)CCC. The number of hydrogen-bond donors (Lipinski definition) is 0. The Morgan fingerprint density at radius 3 is 1.45 bits per heavy atom. The smallest absolute Gasteiger partial charge is 0.0859 e. The van der Waals surface area contributed by atoms with Gasteiger partial charge in [-0.1, -0.05) is 69.6 Å². The zero-order valence-corrected chi connectivity index (χ0v) is 13.7. The zero-order valence-electron chi connectivity index (χ0n) is 13.7. The second kappa shape index (κ2) is 13.8. The summed E-state index contributed by atoms with van der Waals surface area (Å²) in [5.74, 6) is 19.5. The van der Waals surface area contributed by atoms with Crippen LogP contribution in [0, 0.1) is 35.5 Å². The van der Waals surface area contributed by atoms with Crippen molar-refractivity contribution in [2.45, 2.75) is 79.1 Å². The average molecular weight is 268 g/mol. The molecule has 0 aliphatic rings. The van der Waals surface area contributed by atoms with Crippen LogP contribution in [0.5, 0.6) is 0 Å². The lowest BCUT2D eigenvalue weighted by molar-refractivity contribution is 0.927. The van der Waals surface area contributed by atoms with E-state index in [1.165, 1.54) is 0 Å². The van der Waals surface area contributed by atoms with Gasteiger partial charge in [0.1, 0.15) is 0 Å². The minimum Gasteiger partial charge on any atom is -0.0982 e. The van der Waals surface area contributed by atoms with Crippen LogP contribution in [-0.2, 0) is 0 Å². The standard InChI is InChI=1S/C20H28/c1-5-9-12-16-19(15-8-4)20(17-13-10-6-2)18-14-11-7-3/h5-11,15H2,1-4H3. The fourth-order valence-corrected chi connectivity index (χ4v) is 1.53. The molecule has 0 aliphatic carbocycles. The van der Waals surface area contributed by atoms with E-state index in [9.17, 15) is 0 Å². The van der Waals surface area contributed by atoms with Gasteiger partial charge in [0.05, 0.1) is 5.57 Å². The predicted molar refractivity (Wildman–Crippen MR) is 90.0 cm³/mol. The van der Waals surface area contributed by atoms with Crippen LogP contribution in [0.25, 0.3) is 0 Å². The summed E-state index contributed by atoms with van der Waals surface area (Å²) in [4.78, 5) is 0. The van der Waals surface area contributed by atoms with E-state index in [1.807, 2.05) is 0 Å². The van der Waals surface area contributed by atoms with Crippen molar-refractivity contribution in [1.29, 1.82) is 0 Å². The van der Waals surface area contributed by atoms with Gasteiger partial charge in [0.2, 0.25) is 0 Å². The van der Waals surface area contributed by atoms with Crippen LogP contribution in [0.4, 0.5) is 0 Å². The number of rotatable bonds is 5. The van der Waals surface area contributed by atoms with Crippen molar-refractivity contribution in [2.75, 3.05) is 0 Å². The van der Waals surface area contributed by atoms with E-state index in [4.69, 9.17) is 0 Å². The lowest BCUT2D eigenvalue weighted by Crippen LogP contribution is -1.87. The van der Waals surface area contributed by atoms with E-state index >= 15 is 0 Å². The molecule has 0 aromatic carbocycles. The molecule has 0 saturated heterocycles. The van der Waals surface area contributed by atoms with Gasteiger partial charge in [0, 0.05) is 24.8 Å². The first-order chi connectivity index (χ1) is 9.79. The molecule has 0 nitrogen and oxygen atoms in total. The van der Waals surface area contributed by atoms with Gasteiger partial charge in [-0.25, -0.2) is 0 Å². The quantitative estimate of drug-likeness (QED) is 0.578. The van der Waals surface area contributed by atoms with Crippen molar-refractivity contribution in [3.8, 4) is 35.5 Å². The topological polar surface area (TPSA) is 0 Å². The second-order valence-corrected chi connectivity index (χ2v) is 4.76. The van der Waals surface area contributed by atoms with E-state index in [1.54, 1.807) is 0 Å². The molecule has 0 spiro atoms. The molecule has 0 heterocycles. The van der Waals surface area contributed by atoms with Crippen molar-refractivity contribution >= 4 is 0 Å². The fraction of sp³-hybridized carbons (Fsp3) is 0.600. The zero-order chi connectivity index (χ0) is 15.1. The molecule has 0 fully saturated rings. The minimum atomic E-state index is 0.931. The third kappa shape index (κ3) is 9.36. The Morgan fingerprint density at radius 2 is 1.05 bits per heavy atom. The van der Waals surface area contributed by atoms with Crippen LogP contribution in [-0.4, -0.2) is 0 Å². The predicted octanol–water partition coefficient (Wildman–Crippen LogP) is 5.49. The summed E-state index contributed by atoms with van der Waals surface area (Å²) >= 11 is 0. The highest BCUT2D eigenvalue weighted by molar-refractivity contribution is 5.53. The van der Waals surface area contributed by atoms with Crippen molar-refractivity contribution < 1.29 is 0 Å². The second-order valence-electron chi connectivity index (χ2n) is 4.76. The molecule has 20 heavy (non-hydrogen) atoms. The van der Waals surface area contributed by atoms with E-state index in [-0.39, 0.29) is 0 Å². The summed E-state index contributed by atoms with van der Waals surface area (Å²) in [5, 5.41) is 0. The van der Waals surface area contributed by atoms with Crippen LogP contribution < -0.4 is 0 Å². The maximum atomic E-state index is 3.30. The lowest BCUT2D eigenvalue weighted by Gasteiger charge is -1.98. The number of allylic oxidation sites excluding steroid dienone is 2. The summed E-state index contributed by atoms with van der Waals surface area (Å²) in [5.41, 5.74) is 2.09. The third-order valence-electron chi connectivity index (χ3n) is 2.59. The Morgan fingerprint density at radius 1 is 0.600 bits per heavy atom. The summed E-state index contributed by atoms with van der Waals surface area (Å²) in [6.45, 7) is 8.63. The Kier molecular flexibility index (Phi) is 12.7. The van der Waals surface area contributed by atoms with Gasteiger partial charge in [-0.2, -0.15) is 0 Å². The average Bonchev–Trinajstić information content (AvgIpc) is 2.45. The molecule has 0 amide bonds. The molecule has 0 N–H and O–H groups in total. The molecule has 0 aliphatic heterocycles. The van der Waals surface area contributed by atoms with E-state index < -0.39 is 0 Å². The molecule has 0 aromatic heterocycles. The fourth-order valence-electron chi connectivity index (χ4n) is 1.53. The van der Waals surface area contributed by atoms with Gasteiger partial charge in [0.25, 0.3) is 0 Å². The monoisotopic (exact) mass is 268 g/mol. The molecule has 0 rings (SSSR count). The minimum absolute atomic E-state index is 0.931. The summed E-state index contributed by atoms with van der Waals surface area (Å²) < 4.78 is 0. The molecular weight excluding hydrogens is 240 g/mol. The normalized spacial score (nSPS) is 8.40. The molecule has 0 atom stereocenters. The molecule has 0 saturated carbocycles. The molecule has 0 aromatic rings. The highest BCUT2D eigenvalue weighted by atomic mass is 14.0. The molecule has 108 valence electrons. The molecule has 0 radical (unpaired) electrons. The van der Waals surface area contributed by atoms with E-state index in [2.05, 4.69) is 63.2 Å². The summed E-state index contributed by atoms with van der Waals surface area (Å²) in [6.07, 6.45) is 8.16. The van der Waals surface area contributed by atoms with Crippen LogP contribution in [0.1, 0.15) is 79.1 Å². The highest BCUT2D eigenvalue weighted by Crippen LogP contribution is 2.10. The maximum Gasteiger partial charge on any atom is 0.0859 e. The summed E-state index contributed by atoms with van der Waals surface area (Å²) in [7, 11) is 0. The van der Waals surface area contributed by atoms with Gasteiger partial charge in [-0.05, 0) is 25.7 Å². The lowest BCUT2D eigenvalue weighted by atomic mass is 10.0. The Balaban J connectivity index is 5.35. The first-order valence-electron chi connectivity index (χ1n) is 7.99. The third-order valence-corrected chi connectivity index (χ3v) is 2.59. The van der Waals surface area contributed by atoms with E-state index in [0.29, 0.717) is 0 Å².